The fourth-order valence-corrected chi connectivity index (χ4v) is 3.29. The standard InChI is InChI=1S/C17H17FN4OS/c1-3-15-16(24-11(2)20-15)17(23)21-13-8-19-22(10-13)9-12-6-4-5-7-14(12)18/h4-8,10H,3,9H2,1-2H3,(H,21,23). The molecule has 1 N–H and O–H groups in total. The molecule has 0 saturated heterocycles. The van der Waals surface area contributed by atoms with Gasteiger partial charge < -0.3 is 5.32 Å². The van der Waals surface area contributed by atoms with Crippen molar-refractivity contribution in [1.29, 1.82) is 0 Å². The number of amides is 1. The number of thiazole rings is 1. The number of nitrogens with one attached hydrogen (secondary N) is 1. The molecule has 2 heterocycles. The number of aryl methyl sites for hydroxylation is 2. The molecule has 0 fully saturated rings. The van der Waals surface area contributed by atoms with Gasteiger partial charge in [0.25, 0.3) is 5.91 Å². The van der Waals surface area contributed by atoms with E-state index in [4.69, 9.17) is 0 Å². The Morgan fingerprint density at radius 1 is 1.38 bits per heavy atom. The Morgan fingerprint density at radius 3 is 2.92 bits per heavy atom. The molecule has 0 aliphatic carbocycles. The molecule has 7 heteroatoms. The van der Waals surface area contributed by atoms with Crippen molar-refractivity contribution in [2.75, 3.05) is 5.32 Å². The second-order valence-corrected chi connectivity index (χ2v) is 6.54. The zero-order chi connectivity index (χ0) is 17.1. The fraction of sp³-hybridized carbons (Fsp3) is 0.235. The zero-order valence-corrected chi connectivity index (χ0v) is 14.2. The third-order valence-corrected chi connectivity index (χ3v) is 4.54. The number of anilines is 1. The van der Waals surface area contributed by atoms with Crippen molar-refractivity contribution < 1.29 is 9.18 Å². The summed E-state index contributed by atoms with van der Waals surface area (Å²) in [6.07, 6.45) is 3.95. The van der Waals surface area contributed by atoms with Crippen LogP contribution in [0.5, 0.6) is 0 Å². The molecule has 5 nitrogen and oxygen atoms in total. The maximum atomic E-state index is 13.7. The van der Waals surface area contributed by atoms with Crippen LogP contribution in [-0.2, 0) is 13.0 Å². The van der Waals surface area contributed by atoms with E-state index in [2.05, 4.69) is 15.4 Å². The van der Waals surface area contributed by atoms with Crippen molar-refractivity contribution in [2.24, 2.45) is 0 Å². The van der Waals surface area contributed by atoms with Gasteiger partial charge in [-0.3, -0.25) is 9.48 Å². The van der Waals surface area contributed by atoms with Gasteiger partial charge >= 0.3 is 0 Å². The van der Waals surface area contributed by atoms with Gasteiger partial charge in [0.1, 0.15) is 10.7 Å². The normalized spacial score (nSPS) is 10.8. The molecule has 0 unspecified atom stereocenters. The van der Waals surface area contributed by atoms with Crippen LogP contribution in [-0.4, -0.2) is 20.7 Å². The topological polar surface area (TPSA) is 59.8 Å². The quantitative estimate of drug-likeness (QED) is 0.768. The van der Waals surface area contributed by atoms with Gasteiger partial charge in [-0.05, 0) is 19.4 Å². The third-order valence-electron chi connectivity index (χ3n) is 3.53. The number of nitrogens with zero attached hydrogens (tertiary/aromatic N) is 3. The number of carbonyl (C=O) groups is 1. The van der Waals surface area contributed by atoms with Crippen molar-refractivity contribution in [1.82, 2.24) is 14.8 Å². The Hall–Kier alpha value is -2.54. The van der Waals surface area contributed by atoms with Crippen LogP contribution in [0.25, 0.3) is 0 Å². The Balaban J connectivity index is 1.72. The molecule has 3 rings (SSSR count). The Bertz CT molecular complexity index is 871. The SMILES string of the molecule is CCc1nc(C)sc1C(=O)Nc1cnn(Cc2ccccc2F)c1. The van der Waals surface area contributed by atoms with Crippen LogP contribution in [0.4, 0.5) is 10.1 Å². The predicted molar refractivity (Wildman–Crippen MR) is 91.9 cm³/mol. The minimum absolute atomic E-state index is 0.192. The lowest BCUT2D eigenvalue weighted by Crippen LogP contribution is -2.12. The van der Waals surface area contributed by atoms with Gasteiger partial charge in [0.2, 0.25) is 0 Å². The fourth-order valence-electron chi connectivity index (χ4n) is 2.39. The van der Waals surface area contributed by atoms with E-state index >= 15 is 0 Å². The van der Waals surface area contributed by atoms with Crippen molar-refractivity contribution in [3.63, 3.8) is 0 Å². The van der Waals surface area contributed by atoms with Crippen LogP contribution >= 0.6 is 11.3 Å². The van der Waals surface area contributed by atoms with E-state index in [9.17, 15) is 9.18 Å². The van der Waals surface area contributed by atoms with Crippen molar-refractivity contribution in [3.8, 4) is 0 Å². The lowest BCUT2D eigenvalue weighted by atomic mass is 10.2. The molecule has 0 radical (unpaired) electrons. The number of rotatable bonds is 5. The predicted octanol–water partition coefficient (Wildman–Crippen LogP) is 3.65. The van der Waals surface area contributed by atoms with Gasteiger partial charge in [0.05, 0.1) is 29.1 Å². The molecule has 0 atom stereocenters. The first-order valence-corrected chi connectivity index (χ1v) is 8.42. The van der Waals surface area contributed by atoms with Gasteiger partial charge in [0.15, 0.2) is 0 Å². The Labute approximate surface area is 143 Å². The minimum Gasteiger partial charge on any atom is -0.319 e. The molecule has 1 amide bonds. The Kier molecular flexibility index (Phi) is 4.71. The molecule has 2 aromatic heterocycles. The second kappa shape index (κ2) is 6.92. The number of aromatic nitrogens is 3. The highest BCUT2D eigenvalue weighted by molar-refractivity contribution is 7.13. The highest BCUT2D eigenvalue weighted by atomic mass is 32.1. The molecular formula is C17H17FN4OS. The third kappa shape index (κ3) is 3.51. The van der Waals surface area contributed by atoms with Gasteiger partial charge in [-0.25, -0.2) is 9.37 Å². The van der Waals surface area contributed by atoms with Crippen LogP contribution in [0.2, 0.25) is 0 Å². The summed E-state index contributed by atoms with van der Waals surface area (Å²) in [6, 6.07) is 6.56. The first-order chi connectivity index (χ1) is 11.6. The first kappa shape index (κ1) is 16.3. The summed E-state index contributed by atoms with van der Waals surface area (Å²) in [5.74, 6) is -0.464. The molecule has 0 spiro atoms. The molecule has 24 heavy (non-hydrogen) atoms. The van der Waals surface area contributed by atoms with E-state index in [1.165, 1.54) is 17.4 Å². The first-order valence-electron chi connectivity index (χ1n) is 7.60. The highest BCUT2D eigenvalue weighted by Gasteiger charge is 2.16. The number of benzene rings is 1. The maximum absolute atomic E-state index is 13.7. The van der Waals surface area contributed by atoms with Crippen LogP contribution in [0, 0.1) is 12.7 Å². The Morgan fingerprint density at radius 2 is 2.17 bits per heavy atom. The smallest absolute Gasteiger partial charge is 0.267 e. The molecule has 0 saturated carbocycles. The largest absolute Gasteiger partial charge is 0.319 e. The van der Waals surface area contributed by atoms with E-state index in [-0.39, 0.29) is 11.7 Å². The number of hydrogen-bond acceptors (Lipinski definition) is 4. The van der Waals surface area contributed by atoms with E-state index in [0.717, 1.165) is 10.7 Å². The zero-order valence-electron chi connectivity index (χ0n) is 13.4. The van der Waals surface area contributed by atoms with Crippen molar-refractivity contribution in [2.45, 2.75) is 26.8 Å². The summed E-state index contributed by atoms with van der Waals surface area (Å²) in [6.45, 7) is 4.16. The summed E-state index contributed by atoms with van der Waals surface area (Å²) in [5, 5.41) is 7.86. The van der Waals surface area contributed by atoms with E-state index in [1.54, 1.807) is 35.3 Å². The summed E-state index contributed by atoms with van der Waals surface area (Å²) < 4.78 is 15.3. The minimum atomic E-state index is -0.272. The van der Waals surface area contributed by atoms with Crippen LogP contribution in [0.15, 0.2) is 36.7 Å². The lowest BCUT2D eigenvalue weighted by molar-refractivity contribution is 0.102. The van der Waals surface area contributed by atoms with E-state index in [1.807, 2.05) is 13.8 Å². The second-order valence-electron chi connectivity index (χ2n) is 5.33. The number of halogens is 1. The monoisotopic (exact) mass is 344 g/mol. The molecular weight excluding hydrogens is 327 g/mol. The number of carbonyl (C=O) groups excluding carboxylic acids is 1. The average molecular weight is 344 g/mol. The molecule has 0 aliphatic rings. The molecule has 3 aromatic rings. The summed E-state index contributed by atoms with van der Waals surface area (Å²) in [4.78, 5) is 17.4. The van der Waals surface area contributed by atoms with Gasteiger partial charge in [-0.15, -0.1) is 11.3 Å². The van der Waals surface area contributed by atoms with Gasteiger partial charge in [-0.1, -0.05) is 25.1 Å². The van der Waals surface area contributed by atoms with Crippen LogP contribution in [0.1, 0.15) is 32.9 Å². The average Bonchev–Trinajstić information content (AvgIpc) is 3.15. The molecule has 124 valence electrons. The summed E-state index contributed by atoms with van der Waals surface area (Å²) >= 11 is 1.38. The van der Waals surface area contributed by atoms with Gasteiger partial charge in [-0.2, -0.15) is 5.10 Å². The van der Waals surface area contributed by atoms with Crippen molar-refractivity contribution in [3.05, 3.63) is 63.6 Å². The summed E-state index contributed by atoms with van der Waals surface area (Å²) in [5.41, 5.74) is 1.92. The molecule has 1 aromatic carbocycles. The van der Waals surface area contributed by atoms with Crippen LogP contribution in [0.3, 0.4) is 0 Å². The van der Waals surface area contributed by atoms with E-state index < -0.39 is 0 Å². The highest BCUT2D eigenvalue weighted by Crippen LogP contribution is 2.20. The molecule has 0 aliphatic heterocycles. The number of hydrogen-bond donors (Lipinski definition) is 1. The van der Waals surface area contributed by atoms with E-state index in [0.29, 0.717) is 29.1 Å². The summed E-state index contributed by atoms with van der Waals surface area (Å²) in [7, 11) is 0. The maximum Gasteiger partial charge on any atom is 0.267 e. The van der Waals surface area contributed by atoms with Crippen LogP contribution < -0.4 is 5.32 Å². The molecule has 0 bridgehead atoms. The van der Waals surface area contributed by atoms with Crippen molar-refractivity contribution >= 4 is 22.9 Å². The van der Waals surface area contributed by atoms with Gasteiger partial charge in [0, 0.05) is 11.8 Å². The lowest BCUT2D eigenvalue weighted by Gasteiger charge is -2.03.